The molecule has 4 rings (SSSR count). The van der Waals surface area contributed by atoms with Crippen LogP contribution in [0.15, 0.2) is 40.4 Å². The van der Waals surface area contributed by atoms with Crippen LogP contribution in [0.2, 0.25) is 0 Å². The first-order valence-electron chi connectivity index (χ1n) is 9.54. The fourth-order valence-electron chi connectivity index (χ4n) is 3.31. The summed E-state index contributed by atoms with van der Waals surface area (Å²) in [5, 5.41) is 11.3. The summed E-state index contributed by atoms with van der Waals surface area (Å²) in [6.07, 6.45) is 3.68. The molecule has 1 fully saturated rings. The first-order chi connectivity index (χ1) is 13.6. The number of aromatic amines is 1. The fraction of sp³-hybridized carbons (Fsp3) is 0.350. The molecule has 146 valence electrons. The van der Waals surface area contributed by atoms with Crippen molar-refractivity contribution in [3.63, 3.8) is 0 Å². The van der Waals surface area contributed by atoms with E-state index >= 15 is 0 Å². The minimum Gasteiger partial charge on any atom is -0.399 e. The third kappa shape index (κ3) is 4.22. The summed E-state index contributed by atoms with van der Waals surface area (Å²) in [4.78, 5) is 13.1. The first kappa shape index (κ1) is 18.6. The quantitative estimate of drug-likeness (QED) is 0.438. The third-order valence-corrected chi connectivity index (χ3v) is 5.67. The van der Waals surface area contributed by atoms with Crippen LogP contribution in [-0.4, -0.2) is 33.3 Å². The van der Waals surface area contributed by atoms with Crippen molar-refractivity contribution in [2.75, 3.05) is 29.0 Å². The Balaban J connectivity index is 1.69. The van der Waals surface area contributed by atoms with Crippen molar-refractivity contribution in [2.45, 2.75) is 43.2 Å². The van der Waals surface area contributed by atoms with Gasteiger partial charge in [-0.25, -0.2) is 9.97 Å². The molecule has 2 aromatic heterocycles. The molecule has 0 aliphatic carbocycles. The number of nitrogens with one attached hydrogen (secondary N) is 2. The molecule has 0 radical (unpaired) electrons. The van der Waals surface area contributed by atoms with Gasteiger partial charge in [0.15, 0.2) is 11.0 Å². The Morgan fingerprint density at radius 1 is 1.07 bits per heavy atom. The smallest absolute Gasteiger partial charge is 0.196 e. The van der Waals surface area contributed by atoms with E-state index in [1.807, 2.05) is 37.3 Å². The number of aryl methyl sites for hydroxylation is 1. The van der Waals surface area contributed by atoms with E-state index in [0.29, 0.717) is 5.16 Å². The van der Waals surface area contributed by atoms with Gasteiger partial charge in [-0.2, -0.15) is 5.10 Å². The number of nitrogen functional groups attached to an aromatic ring is 1. The van der Waals surface area contributed by atoms with Crippen LogP contribution < -0.4 is 16.0 Å². The number of nitrogens with two attached hydrogens (primary N) is 1. The Morgan fingerprint density at radius 2 is 1.82 bits per heavy atom. The highest BCUT2D eigenvalue weighted by atomic mass is 32.2. The molecule has 0 spiro atoms. The minimum atomic E-state index is 0.714. The molecule has 0 amide bonds. The minimum absolute atomic E-state index is 0.714. The van der Waals surface area contributed by atoms with Gasteiger partial charge in [0.05, 0.1) is 0 Å². The lowest BCUT2D eigenvalue weighted by atomic mass is 10.1. The third-order valence-electron chi connectivity index (χ3n) is 4.80. The highest BCUT2D eigenvalue weighted by Crippen LogP contribution is 2.33. The Hall–Kier alpha value is -2.74. The normalized spacial score (nSPS) is 14.3. The molecule has 28 heavy (non-hydrogen) atoms. The number of hydrogen-bond acceptors (Lipinski definition) is 7. The average molecular weight is 396 g/mol. The van der Waals surface area contributed by atoms with Crippen molar-refractivity contribution in [3.05, 3.63) is 41.6 Å². The largest absolute Gasteiger partial charge is 0.399 e. The number of H-pyrrole nitrogens is 1. The predicted octanol–water partition coefficient (Wildman–Crippen LogP) is 4.28. The number of rotatable bonds is 5. The average Bonchev–Trinajstić information content (AvgIpc) is 3.11. The van der Waals surface area contributed by atoms with Crippen molar-refractivity contribution < 1.29 is 0 Å². The summed E-state index contributed by atoms with van der Waals surface area (Å²) in [5.74, 6) is 2.55. The van der Waals surface area contributed by atoms with Gasteiger partial charge in [-0.3, -0.25) is 5.10 Å². The summed E-state index contributed by atoms with van der Waals surface area (Å²) in [6.45, 7) is 6.12. The topological polar surface area (TPSA) is 95.8 Å². The van der Waals surface area contributed by atoms with Crippen LogP contribution >= 0.6 is 11.8 Å². The van der Waals surface area contributed by atoms with Crippen LogP contribution in [-0.2, 0) is 0 Å². The molecular formula is C20H25N7S. The van der Waals surface area contributed by atoms with Crippen LogP contribution in [0.4, 0.5) is 23.1 Å². The SMILES string of the molecule is Cc1cc(Nc2nc(Sc3ccc(N)cc3)nc(N3CCCCC3)c2C)n[nH]1. The zero-order valence-corrected chi connectivity index (χ0v) is 17.0. The van der Waals surface area contributed by atoms with Gasteiger partial charge < -0.3 is 16.0 Å². The van der Waals surface area contributed by atoms with Gasteiger partial charge in [-0.15, -0.1) is 0 Å². The molecule has 4 N–H and O–H groups in total. The molecule has 0 unspecified atom stereocenters. The van der Waals surface area contributed by atoms with E-state index < -0.39 is 0 Å². The van der Waals surface area contributed by atoms with Gasteiger partial charge in [0.1, 0.15) is 11.6 Å². The Labute approximate surface area is 169 Å². The molecule has 1 saturated heterocycles. The zero-order chi connectivity index (χ0) is 19.5. The van der Waals surface area contributed by atoms with Gasteiger partial charge in [-0.05, 0) is 69.1 Å². The summed E-state index contributed by atoms with van der Waals surface area (Å²) in [5.41, 5.74) is 8.60. The van der Waals surface area contributed by atoms with E-state index in [4.69, 9.17) is 15.7 Å². The zero-order valence-electron chi connectivity index (χ0n) is 16.2. The number of benzene rings is 1. The second-order valence-corrected chi connectivity index (χ2v) is 8.12. The van der Waals surface area contributed by atoms with Gasteiger partial charge in [-0.1, -0.05) is 0 Å². The number of piperidine rings is 1. The second-order valence-electron chi connectivity index (χ2n) is 7.08. The molecule has 1 aromatic carbocycles. The number of aromatic nitrogens is 4. The van der Waals surface area contributed by atoms with Crippen molar-refractivity contribution >= 4 is 34.9 Å². The molecule has 0 bridgehead atoms. The lowest BCUT2D eigenvalue weighted by Gasteiger charge is -2.29. The highest BCUT2D eigenvalue weighted by Gasteiger charge is 2.20. The summed E-state index contributed by atoms with van der Waals surface area (Å²) >= 11 is 1.54. The van der Waals surface area contributed by atoms with Gasteiger partial charge in [0.25, 0.3) is 0 Å². The van der Waals surface area contributed by atoms with E-state index in [-0.39, 0.29) is 0 Å². The Morgan fingerprint density at radius 3 is 2.50 bits per heavy atom. The van der Waals surface area contributed by atoms with Crippen LogP contribution in [0.5, 0.6) is 0 Å². The van der Waals surface area contributed by atoms with E-state index in [2.05, 4.69) is 27.3 Å². The van der Waals surface area contributed by atoms with Crippen molar-refractivity contribution in [1.82, 2.24) is 20.2 Å². The van der Waals surface area contributed by atoms with Gasteiger partial charge >= 0.3 is 0 Å². The van der Waals surface area contributed by atoms with Crippen molar-refractivity contribution in [3.8, 4) is 0 Å². The molecule has 7 nitrogen and oxygen atoms in total. The molecule has 0 saturated carbocycles. The van der Waals surface area contributed by atoms with Crippen molar-refractivity contribution in [2.24, 2.45) is 0 Å². The lowest BCUT2D eigenvalue weighted by molar-refractivity contribution is 0.570. The maximum Gasteiger partial charge on any atom is 0.196 e. The second kappa shape index (κ2) is 8.10. The fourth-order valence-corrected chi connectivity index (χ4v) is 4.06. The lowest BCUT2D eigenvalue weighted by Crippen LogP contribution is -2.31. The predicted molar refractivity (Wildman–Crippen MR) is 114 cm³/mol. The van der Waals surface area contributed by atoms with Crippen LogP contribution in [0.1, 0.15) is 30.5 Å². The van der Waals surface area contributed by atoms with E-state index in [1.54, 1.807) is 11.8 Å². The molecule has 1 aliphatic heterocycles. The highest BCUT2D eigenvalue weighted by molar-refractivity contribution is 7.99. The van der Waals surface area contributed by atoms with Crippen LogP contribution in [0.3, 0.4) is 0 Å². The van der Waals surface area contributed by atoms with Crippen molar-refractivity contribution in [1.29, 1.82) is 0 Å². The Kier molecular flexibility index (Phi) is 5.38. The summed E-state index contributed by atoms with van der Waals surface area (Å²) in [6, 6.07) is 9.75. The number of anilines is 4. The molecule has 0 atom stereocenters. The maximum absolute atomic E-state index is 5.81. The molecule has 8 heteroatoms. The summed E-state index contributed by atoms with van der Waals surface area (Å²) < 4.78 is 0. The molecular weight excluding hydrogens is 370 g/mol. The Bertz CT molecular complexity index is 946. The monoisotopic (exact) mass is 395 g/mol. The molecule has 3 heterocycles. The van der Waals surface area contributed by atoms with E-state index in [0.717, 1.165) is 52.4 Å². The van der Waals surface area contributed by atoms with Crippen LogP contribution in [0, 0.1) is 13.8 Å². The van der Waals surface area contributed by atoms with E-state index in [1.165, 1.54) is 19.3 Å². The van der Waals surface area contributed by atoms with Gasteiger partial charge in [0, 0.05) is 41.0 Å². The maximum atomic E-state index is 5.81. The molecule has 3 aromatic rings. The first-order valence-corrected chi connectivity index (χ1v) is 10.4. The standard InChI is InChI=1S/C20H25N7S/c1-13-12-17(26-25-13)22-18-14(2)19(27-10-4-3-5-11-27)24-20(23-18)28-16-8-6-15(21)7-9-16/h6-9,12H,3-5,10-11,21H2,1-2H3,(H2,22,23,24,25,26). The number of nitrogens with zero attached hydrogens (tertiary/aromatic N) is 4. The van der Waals surface area contributed by atoms with Crippen LogP contribution in [0.25, 0.3) is 0 Å². The summed E-state index contributed by atoms with van der Waals surface area (Å²) in [7, 11) is 0. The molecule has 1 aliphatic rings. The number of hydrogen-bond donors (Lipinski definition) is 3. The van der Waals surface area contributed by atoms with Gasteiger partial charge in [0.2, 0.25) is 0 Å². The van der Waals surface area contributed by atoms with E-state index in [9.17, 15) is 0 Å².